The molecule has 0 aliphatic carbocycles. The Morgan fingerprint density at radius 1 is 1.07 bits per heavy atom. The monoisotopic (exact) mass is 415 g/mol. The first-order valence-corrected chi connectivity index (χ1v) is 10.4. The summed E-state index contributed by atoms with van der Waals surface area (Å²) in [5, 5.41) is 8.77. The lowest BCUT2D eigenvalue weighted by atomic mass is 10.1. The van der Waals surface area contributed by atoms with Gasteiger partial charge in [-0.2, -0.15) is 4.98 Å². The molecule has 8 heteroatoms. The first kappa shape index (κ1) is 20.9. The summed E-state index contributed by atoms with van der Waals surface area (Å²) < 4.78 is 18.1. The number of ketones is 1. The minimum Gasteiger partial charge on any atom is -0.356 e. The fourth-order valence-electron chi connectivity index (χ4n) is 2.76. The van der Waals surface area contributed by atoms with Gasteiger partial charge in [0.05, 0.1) is 4.88 Å². The number of nitrogens with zero attached hydrogens (tertiary/aromatic N) is 2. The van der Waals surface area contributed by atoms with Crippen molar-refractivity contribution in [3.05, 3.63) is 59.0 Å². The highest BCUT2D eigenvalue weighted by Gasteiger charge is 2.10. The Morgan fingerprint density at radius 3 is 2.66 bits per heavy atom. The molecule has 2 heterocycles. The predicted molar refractivity (Wildman–Crippen MR) is 108 cm³/mol. The number of amides is 1. The number of hydrogen-bond donors (Lipinski definition) is 1. The lowest BCUT2D eigenvalue weighted by Crippen LogP contribution is -2.24. The van der Waals surface area contributed by atoms with E-state index in [0.717, 1.165) is 24.1 Å². The molecular formula is C21H22FN3O3S. The number of benzene rings is 1. The molecule has 1 aromatic carbocycles. The Hall–Kier alpha value is -2.87. The Bertz CT molecular complexity index is 923. The van der Waals surface area contributed by atoms with Gasteiger partial charge in [0.15, 0.2) is 5.78 Å². The van der Waals surface area contributed by atoms with Gasteiger partial charge in [0.25, 0.3) is 0 Å². The third kappa shape index (κ3) is 6.60. The van der Waals surface area contributed by atoms with E-state index in [-0.39, 0.29) is 30.3 Å². The van der Waals surface area contributed by atoms with Crippen LogP contribution in [0.2, 0.25) is 0 Å². The number of carbonyl (C=O) groups is 2. The van der Waals surface area contributed by atoms with E-state index in [1.165, 1.54) is 24.3 Å². The van der Waals surface area contributed by atoms with Crippen molar-refractivity contribution in [1.29, 1.82) is 0 Å². The van der Waals surface area contributed by atoms with E-state index in [2.05, 4.69) is 15.5 Å². The van der Waals surface area contributed by atoms with Gasteiger partial charge in [-0.15, -0.1) is 11.3 Å². The van der Waals surface area contributed by atoms with Gasteiger partial charge in [-0.1, -0.05) is 17.6 Å². The summed E-state index contributed by atoms with van der Waals surface area (Å²) >= 11 is 1.57. The van der Waals surface area contributed by atoms with Crippen molar-refractivity contribution >= 4 is 23.0 Å². The quantitative estimate of drug-likeness (QED) is 0.370. The third-order valence-electron chi connectivity index (χ3n) is 4.34. The van der Waals surface area contributed by atoms with E-state index in [4.69, 9.17) is 4.52 Å². The minimum atomic E-state index is -0.388. The Kier molecular flexibility index (Phi) is 7.63. The van der Waals surface area contributed by atoms with Crippen LogP contribution in [0, 0.1) is 5.82 Å². The van der Waals surface area contributed by atoms with E-state index >= 15 is 0 Å². The molecule has 1 N–H and O–H groups in total. The molecule has 0 atom stereocenters. The van der Waals surface area contributed by atoms with Gasteiger partial charge in [0.1, 0.15) is 5.82 Å². The van der Waals surface area contributed by atoms with Gasteiger partial charge >= 0.3 is 0 Å². The molecule has 0 bridgehead atoms. The predicted octanol–water partition coefficient (Wildman–Crippen LogP) is 4.43. The Morgan fingerprint density at radius 2 is 1.90 bits per heavy atom. The number of nitrogens with one attached hydrogen (secondary N) is 1. The van der Waals surface area contributed by atoms with Gasteiger partial charge in [0.2, 0.25) is 17.6 Å². The maximum absolute atomic E-state index is 12.9. The summed E-state index contributed by atoms with van der Waals surface area (Å²) in [5.41, 5.74) is 0.419. The molecule has 0 saturated heterocycles. The molecule has 6 nitrogen and oxygen atoms in total. The van der Waals surface area contributed by atoms with Crippen LogP contribution in [0.1, 0.15) is 48.4 Å². The van der Waals surface area contributed by atoms with E-state index in [1.807, 2.05) is 17.5 Å². The van der Waals surface area contributed by atoms with Crippen molar-refractivity contribution in [2.24, 2.45) is 0 Å². The van der Waals surface area contributed by atoms with Crippen LogP contribution in [0.15, 0.2) is 46.3 Å². The number of unbranched alkanes of at least 4 members (excludes halogenated alkanes) is 2. The fraction of sp³-hybridized carbons (Fsp3) is 0.333. The topological polar surface area (TPSA) is 85.1 Å². The highest BCUT2D eigenvalue weighted by atomic mass is 32.1. The lowest BCUT2D eigenvalue weighted by molar-refractivity contribution is -0.121. The van der Waals surface area contributed by atoms with Crippen molar-refractivity contribution in [3.8, 4) is 10.7 Å². The van der Waals surface area contributed by atoms with Crippen molar-refractivity contribution in [2.75, 3.05) is 6.54 Å². The largest absolute Gasteiger partial charge is 0.356 e. The summed E-state index contributed by atoms with van der Waals surface area (Å²) in [7, 11) is 0. The second kappa shape index (κ2) is 10.6. The van der Waals surface area contributed by atoms with Crippen LogP contribution in [-0.2, 0) is 11.2 Å². The first-order chi connectivity index (χ1) is 14.1. The van der Waals surface area contributed by atoms with Crippen LogP contribution in [-0.4, -0.2) is 28.4 Å². The molecule has 3 rings (SSSR count). The zero-order chi connectivity index (χ0) is 20.5. The van der Waals surface area contributed by atoms with Gasteiger partial charge in [-0.25, -0.2) is 4.39 Å². The molecule has 0 spiro atoms. The van der Waals surface area contributed by atoms with Crippen LogP contribution in [0.4, 0.5) is 4.39 Å². The number of Topliss-reactive ketones (excluding diaryl/α,β-unsaturated/α-hetero) is 1. The standard InChI is InChI=1S/C21H22FN3O3S/c22-16-9-7-15(8-10-16)17(26)11-12-19(27)23-13-3-1-2-6-20-24-21(25-28-20)18-5-4-14-29-18/h4-5,7-10,14H,1-3,6,11-13H2,(H,23,27). The van der Waals surface area contributed by atoms with Crippen LogP contribution >= 0.6 is 11.3 Å². The van der Waals surface area contributed by atoms with Crippen LogP contribution in [0.25, 0.3) is 10.7 Å². The van der Waals surface area contributed by atoms with Crippen molar-refractivity contribution in [1.82, 2.24) is 15.5 Å². The summed E-state index contributed by atoms with van der Waals surface area (Å²) in [5.74, 6) is 0.537. The molecule has 0 saturated carbocycles. The molecule has 29 heavy (non-hydrogen) atoms. The van der Waals surface area contributed by atoms with Crippen LogP contribution in [0.5, 0.6) is 0 Å². The minimum absolute atomic E-state index is 0.112. The van der Waals surface area contributed by atoms with Crippen molar-refractivity contribution < 1.29 is 18.5 Å². The number of halogens is 1. The number of hydrogen-bond acceptors (Lipinski definition) is 6. The maximum atomic E-state index is 12.9. The van der Waals surface area contributed by atoms with E-state index < -0.39 is 0 Å². The molecule has 0 unspecified atom stereocenters. The molecule has 0 radical (unpaired) electrons. The summed E-state index contributed by atoms with van der Waals surface area (Å²) in [4.78, 5) is 29.2. The average Bonchev–Trinajstić information content (AvgIpc) is 3.41. The molecule has 3 aromatic rings. The van der Waals surface area contributed by atoms with Gasteiger partial charge < -0.3 is 9.84 Å². The first-order valence-electron chi connectivity index (χ1n) is 9.54. The van der Waals surface area contributed by atoms with E-state index in [0.29, 0.717) is 30.2 Å². The molecule has 0 fully saturated rings. The average molecular weight is 415 g/mol. The SMILES string of the molecule is O=C(CCC(=O)c1ccc(F)cc1)NCCCCCc1nc(-c2cccs2)no1. The Balaban J connectivity index is 1.25. The molecular weight excluding hydrogens is 393 g/mol. The highest BCUT2D eigenvalue weighted by molar-refractivity contribution is 7.13. The van der Waals surface area contributed by atoms with Gasteiger partial charge in [-0.3, -0.25) is 9.59 Å². The second-order valence-corrected chi connectivity index (χ2v) is 7.53. The number of aromatic nitrogens is 2. The Labute approximate surface area is 172 Å². The normalized spacial score (nSPS) is 10.8. The summed E-state index contributed by atoms with van der Waals surface area (Å²) in [6.07, 6.45) is 3.60. The lowest BCUT2D eigenvalue weighted by Gasteiger charge is -2.05. The number of rotatable bonds is 11. The fourth-order valence-corrected chi connectivity index (χ4v) is 3.41. The number of thiophene rings is 1. The molecule has 0 aliphatic rings. The second-order valence-electron chi connectivity index (χ2n) is 6.58. The number of aryl methyl sites for hydroxylation is 1. The summed E-state index contributed by atoms with van der Waals surface area (Å²) in [6.45, 7) is 0.563. The molecule has 1 amide bonds. The maximum Gasteiger partial charge on any atom is 0.226 e. The van der Waals surface area contributed by atoms with Gasteiger partial charge in [0, 0.05) is 31.4 Å². The molecule has 0 aliphatic heterocycles. The summed E-state index contributed by atoms with van der Waals surface area (Å²) in [6, 6.07) is 9.25. The van der Waals surface area contributed by atoms with E-state index in [1.54, 1.807) is 11.3 Å². The third-order valence-corrected chi connectivity index (χ3v) is 5.21. The molecule has 152 valence electrons. The van der Waals surface area contributed by atoms with Crippen LogP contribution in [0.3, 0.4) is 0 Å². The van der Waals surface area contributed by atoms with Crippen molar-refractivity contribution in [3.63, 3.8) is 0 Å². The highest BCUT2D eigenvalue weighted by Crippen LogP contribution is 2.21. The van der Waals surface area contributed by atoms with Crippen molar-refractivity contribution in [2.45, 2.75) is 38.5 Å². The van der Waals surface area contributed by atoms with Gasteiger partial charge in [-0.05, 0) is 48.6 Å². The zero-order valence-electron chi connectivity index (χ0n) is 15.9. The zero-order valence-corrected chi connectivity index (χ0v) is 16.7. The van der Waals surface area contributed by atoms with E-state index in [9.17, 15) is 14.0 Å². The van der Waals surface area contributed by atoms with Crippen LogP contribution < -0.4 is 5.32 Å². The smallest absolute Gasteiger partial charge is 0.226 e. The molecule has 2 aromatic heterocycles. The number of carbonyl (C=O) groups excluding carboxylic acids is 2.